The van der Waals surface area contributed by atoms with Gasteiger partial charge in [-0.15, -0.1) is 0 Å². The van der Waals surface area contributed by atoms with E-state index in [0.29, 0.717) is 29.0 Å². The lowest BCUT2D eigenvalue weighted by Crippen LogP contribution is -2.36. The van der Waals surface area contributed by atoms with Crippen molar-refractivity contribution < 1.29 is 9.53 Å². The van der Waals surface area contributed by atoms with Gasteiger partial charge in [-0.2, -0.15) is 0 Å². The molecule has 4 aromatic rings. The second-order valence-electron chi connectivity index (χ2n) is 8.70. The van der Waals surface area contributed by atoms with Crippen LogP contribution in [0.1, 0.15) is 35.2 Å². The molecule has 0 radical (unpaired) electrons. The van der Waals surface area contributed by atoms with E-state index in [2.05, 4.69) is 10.2 Å². The first-order chi connectivity index (χ1) is 17.1. The fourth-order valence-electron chi connectivity index (χ4n) is 4.46. The maximum atomic E-state index is 13.6. The van der Waals surface area contributed by atoms with Crippen LogP contribution in [0.4, 0.5) is 5.95 Å². The molecular formula is C28H28N4O3. The second-order valence-corrected chi connectivity index (χ2v) is 8.70. The van der Waals surface area contributed by atoms with E-state index in [-0.39, 0.29) is 11.5 Å². The number of benzene rings is 3. The predicted molar refractivity (Wildman–Crippen MR) is 138 cm³/mol. The van der Waals surface area contributed by atoms with Gasteiger partial charge < -0.3 is 15.0 Å². The maximum Gasteiger partial charge on any atom is 0.267 e. The van der Waals surface area contributed by atoms with Crippen molar-refractivity contribution in [3.8, 4) is 11.4 Å². The van der Waals surface area contributed by atoms with E-state index in [1.54, 1.807) is 29.9 Å². The number of aromatic nitrogens is 2. The highest BCUT2D eigenvalue weighted by atomic mass is 16.5. The molecule has 7 nitrogen and oxygen atoms in total. The summed E-state index contributed by atoms with van der Waals surface area (Å²) in [6, 6.07) is 22.3. The van der Waals surface area contributed by atoms with Crippen molar-refractivity contribution >= 4 is 22.8 Å². The van der Waals surface area contributed by atoms with Crippen molar-refractivity contribution in [1.29, 1.82) is 0 Å². The Kier molecular flexibility index (Phi) is 6.48. The third-order valence-electron chi connectivity index (χ3n) is 6.38. The van der Waals surface area contributed by atoms with Gasteiger partial charge in [0.15, 0.2) is 0 Å². The van der Waals surface area contributed by atoms with E-state index >= 15 is 0 Å². The van der Waals surface area contributed by atoms with E-state index in [1.807, 2.05) is 54.6 Å². The molecule has 1 N–H and O–H groups in total. The molecule has 3 aromatic carbocycles. The number of hydrogen-bond acceptors (Lipinski definition) is 5. The monoisotopic (exact) mass is 468 g/mol. The Bertz CT molecular complexity index is 1390. The number of methoxy groups -OCH3 is 1. The molecule has 0 atom stereocenters. The molecular weight excluding hydrogens is 440 g/mol. The van der Waals surface area contributed by atoms with Crippen LogP contribution in [0.25, 0.3) is 16.6 Å². The highest BCUT2D eigenvalue weighted by Gasteiger charge is 2.21. The summed E-state index contributed by atoms with van der Waals surface area (Å²) in [6.07, 6.45) is 3.31. The van der Waals surface area contributed by atoms with Crippen molar-refractivity contribution in [3.63, 3.8) is 0 Å². The first kappa shape index (κ1) is 22.7. The zero-order valence-electron chi connectivity index (χ0n) is 19.7. The Morgan fingerprint density at radius 1 is 0.971 bits per heavy atom. The molecule has 0 spiro atoms. The first-order valence-corrected chi connectivity index (χ1v) is 11.9. The second kappa shape index (κ2) is 10.0. The van der Waals surface area contributed by atoms with E-state index in [0.717, 1.165) is 42.9 Å². The Morgan fingerprint density at radius 3 is 2.43 bits per heavy atom. The number of rotatable bonds is 6. The molecule has 35 heavy (non-hydrogen) atoms. The maximum absolute atomic E-state index is 13.6. The van der Waals surface area contributed by atoms with Crippen LogP contribution in [0.2, 0.25) is 0 Å². The van der Waals surface area contributed by atoms with E-state index in [9.17, 15) is 9.59 Å². The van der Waals surface area contributed by atoms with Crippen LogP contribution < -0.4 is 20.5 Å². The fourth-order valence-corrected chi connectivity index (χ4v) is 4.46. The van der Waals surface area contributed by atoms with Crippen molar-refractivity contribution in [2.24, 2.45) is 0 Å². The molecule has 0 aliphatic carbocycles. The minimum Gasteiger partial charge on any atom is -0.497 e. The third kappa shape index (κ3) is 4.75. The van der Waals surface area contributed by atoms with Gasteiger partial charge >= 0.3 is 0 Å². The quantitative estimate of drug-likeness (QED) is 0.456. The number of para-hydroxylation sites is 1. The van der Waals surface area contributed by atoms with Crippen LogP contribution in [-0.2, 0) is 6.54 Å². The predicted octanol–water partition coefficient (Wildman–Crippen LogP) is 4.31. The number of amides is 1. The number of carbonyl (C=O) groups is 1. The first-order valence-electron chi connectivity index (χ1n) is 11.9. The average Bonchev–Trinajstić information content (AvgIpc) is 2.92. The molecule has 5 rings (SSSR count). The SMILES string of the molecule is COc1ccc(CNC(=O)c2ccc3c(=O)n(-c4ccccc4)c(N4CCCCC4)nc3c2)cc1. The largest absolute Gasteiger partial charge is 0.497 e. The normalized spacial score (nSPS) is 13.6. The Labute approximate surface area is 204 Å². The van der Waals surface area contributed by atoms with Crippen LogP contribution in [0.3, 0.4) is 0 Å². The van der Waals surface area contributed by atoms with Crippen molar-refractivity contribution in [2.75, 3.05) is 25.1 Å². The summed E-state index contributed by atoms with van der Waals surface area (Å²) < 4.78 is 6.87. The zero-order valence-corrected chi connectivity index (χ0v) is 19.7. The van der Waals surface area contributed by atoms with Crippen LogP contribution in [-0.4, -0.2) is 35.7 Å². The number of nitrogens with zero attached hydrogens (tertiary/aromatic N) is 3. The van der Waals surface area contributed by atoms with Crippen molar-refractivity contribution in [3.05, 3.63) is 94.3 Å². The molecule has 0 bridgehead atoms. The smallest absolute Gasteiger partial charge is 0.267 e. The summed E-state index contributed by atoms with van der Waals surface area (Å²) in [4.78, 5) is 33.6. The van der Waals surface area contributed by atoms with Crippen molar-refractivity contribution in [1.82, 2.24) is 14.9 Å². The lowest BCUT2D eigenvalue weighted by molar-refractivity contribution is 0.0951. The van der Waals surface area contributed by atoms with Gasteiger partial charge in [0, 0.05) is 25.2 Å². The van der Waals surface area contributed by atoms with Crippen LogP contribution >= 0.6 is 0 Å². The summed E-state index contributed by atoms with van der Waals surface area (Å²) in [5, 5.41) is 3.43. The van der Waals surface area contributed by atoms with Gasteiger partial charge in [0.25, 0.3) is 11.5 Å². The van der Waals surface area contributed by atoms with Gasteiger partial charge in [-0.3, -0.25) is 9.59 Å². The van der Waals surface area contributed by atoms with Gasteiger partial charge in [0.2, 0.25) is 5.95 Å². The summed E-state index contributed by atoms with van der Waals surface area (Å²) in [5.41, 5.74) is 2.62. The summed E-state index contributed by atoms with van der Waals surface area (Å²) in [5.74, 6) is 1.19. The van der Waals surface area contributed by atoms with E-state index < -0.39 is 0 Å². The molecule has 0 unspecified atom stereocenters. The number of nitrogens with one attached hydrogen (secondary N) is 1. The number of carbonyl (C=O) groups excluding carboxylic acids is 1. The van der Waals surface area contributed by atoms with Gasteiger partial charge in [-0.1, -0.05) is 30.3 Å². The molecule has 178 valence electrons. The Hall–Kier alpha value is -4.13. The van der Waals surface area contributed by atoms with Crippen molar-refractivity contribution in [2.45, 2.75) is 25.8 Å². The van der Waals surface area contributed by atoms with Gasteiger partial charge in [-0.25, -0.2) is 9.55 Å². The fraction of sp³-hybridized carbons (Fsp3) is 0.250. The highest BCUT2D eigenvalue weighted by Crippen LogP contribution is 2.23. The molecule has 1 aromatic heterocycles. The minimum absolute atomic E-state index is 0.132. The average molecular weight is 469 g/mol. The number of piperidine rings is 1. The minimum atomic E-state index is -0.212. The molecule has 0 saturated carbocycles. The molecule has 1 saturated heterocycles. The highest BCUT2D eigenvalue weighted by molar-refractivity contribution is 5.97. The standard InChI is InChI=1S/C28H28N4O3/c1-35-23-13-10-20(11-14-23)19-29-26(33)21-12-15-24-25(18-21)30-28(31-16-6-3-7-17-31)32(27(24)34)22-8-4-2-5-9-22/h2,4-5,8-15,18H,3,6-7,16-17,19H2,1H3,(H,29,33). The number of ether oxygens (including phenoxy) is 1. The van der Waals surface area contributed by atoms with Crippen LogP contribution in [0.5, 0.6) is 5.75 Å². The molecule has 1 fully saturated rings. The van der Waals surface area contributed by atoms with Crippen LogP contribution in [0.15, 0.2) is 77.6 Å². The molecule has 7 heteroatoms. The van der Waals surface area contributed by atoms with Crippen LogP contribution in [0, 0.1) is 0 Å². The Balaban J connectivity index is 1.49. The van der Waals surface area contributed by atoms with E-state index in [1.165, 1.54) is 6.42 Å². The zero-order chi connectivity index (χ0) is 24.2. The number of fused-ring (bicyclic) bond motifs is 1. The van der Waals surface area contributed by atoms with Gasteiger partial charge in [0.05, 0.1) is 23.7 Å². The van der Waals surface area contributed by atoms with Gasteiger partial charge in [-0.05, 0) is 67.3 Å². The summed E-state index contributed by atoms with van der Waals surface area (Å²) in [7, 11) is 1.62. The van der Waals surface area contributed by atoms with E-state index in [4.69, 9.17) is 9.72 Å². The molecule has 1 amide bonds. The molecule has 1 aliphatic rings. The summed E-state index contributed by atoms with van der Waals surface area (Å²) in [6.45, 7) is 2.10. The lowest BCUT2D eigenvalue weighted by Gasteiger charge is -2.30. The third-order valence-corrected chi connectivity index (χ3v) is 6.38. The lowest BCUT2D eigenvalue weighted by atomic mass is 10.1. The Morgan fingerprint density at radius 2 is 1.71 bits per heavy atom. The topological polar surface area (TPSA) is 76.5 Å². The number of hydrogen-bond donors (Lipinski definition) is 1. The molecule has 1 aliphatic heterocycles. The summed E-state index contributed by atoms with van der Waals surface area (Å²) >= 11 is 0. The number of anilines is 1. The molecule has 2 heterocycles. The van der Waals surface area contributed by atoms with Gasteiger partial charge in [0.1, 0.15) is 5.75 Å².